The van der Waals surface area contributed by atoms with Crippen molar-refractivity contribution in [2.45, 2.75) is 41.5 Å². The van der Waals surface area contributed by atoms with Gasteiger partial charge in [0.25, 0.3) is 0 Å². The van der Waals surface area contributed by atoms with Crippen LogP contribution in [-0.2, 0) is 0 Å². The largest absolute Gasteiger partial charge is 0.457 e. The van der Waals surface area contributed by atoms with Crippen molar-refractivity contribution in [3.05, 3.63) is 143 Å². The molecule has 7 nitrogen and oxygen atoms in total. The molecule has 0 atom stereocenters. The number of rotatable bonds is 5. The molecule has 0 saturated heterocycles. The van der Waals surface area contributed by atoms with Crippen molar-refractivity contribution < 1.29 is 4.74 Å². The van der Waals surface area contributed by atoms with Crippen molar-refractivity contribution in [2.75, 3.05) is 0 Å². The van der Waals surface area contributed by atoms with Gasteiger partial charge in [0.1, 0.15) is 17.3 Å². The third-order valence-electron chi connectivity index (χ3n) is 10.4. The molecule has 0 amide bonds. The van der Waals surface area contributed by atoms with Gasteiger partial charge in [0.05, 0.1) is 44.8 Å². The molecular formula is C43H36N6O. The van der Waals surface area contributed by atoms with E-state index < -0.39 is 0 Å². The van der Waals surface area contributed by atoms with Crippen LogP contribution in [0.5, 0.6) is 11.5 Å². The normalized spacial score (nSPS) is 11.8. The number of pyridine rings is 1. The van der Waals surface area contributed by atoms with Crippen LogP contribution in [-0.4, -0.2) is 29.1 Å². The van der Waals surface area contributed by atoms with E-state index in [-0.39, 0.29) is 0 Å². The number of para-hydroxylation sites is 1. The van der Waals surface area contributed by atoms with Crippen LogP contribution in [0.1, 0.15) is 33.6 Å². The lowest BCUT2D eigenvalue weighted by molar-refractivity contribution is 0.482. The van der Waals surface area contributed by atoms with E-state index in [1.54, 1.807) is 0 Å². The summed E-state index contributed by atoms with van der Waals surface area (Å²) in [6.45, 7) is 12.8. The molecule has 0 N–H and O–H groups in total. The van der Waals surface area contributed by atoms with Crippen LogP contribution in [0.2, 0.25) is 0 Å². The fourth-order valence-electron chi connectivity index (χ4n) is 7.38. The summed E-state index contributed by atoms with van der Waals surface area (Å²) < 4.78 is 13.0. The standard InChI is InChI=1S/C43H36N6O/c1-25-14-17-37-38-18-15-26(2)28(4)43(38)47(42(37)27(25)3)31-20-21-44-41(23-31)48-39-13-8-7-12-35(39)36-19-16-34(24-40(36)48)50-33-11-9-10-32(22-33)49-30(6)29(5)45-46-49/h7-24H,1-6H3. The summed E-state index contributed by atoms with van der Waals surface area (Å²) in [5.74, 6) is 2.30. The number of benzene rings is 5. The van der Waals surface area contributed by atoms with Crippen molar-refractivity contribution in [3.63, 3.8) is 0 Å². The third-order valence-corrected chi connectivity index (χ3v) is 10.4. The summed E-state index contributed by atoms with van der Waals surface area (Å²) in [6, 6.07) is 36.1. The minimum Gasteiger partial charge on any atom is -0.457 e. The second-order valence-electron chi connectivity index (χ2n) is 13.3. The molecule has 0 aliphatic heterocycles. The molecule has 7 heteroatoms. The Balaban J connectivity index is 1.22. The Labute approximate surface area is 290 Å². The van der Waals surface area contributed by atoms with Crippen molar-refractivity contribution in [3.8, 4) is 28.7 Å². The van der Waals surface area contributed by atoms with Gasteiger partial charge in [0.2, 0.25) is 0 Å². The van der Waals surface area contributed by atoms with Gasteiger partial charge in [-0.05, 0) is 100 Å². The quantitative estimate of drug-likeness (QED) is 0.186. The van der Waals surface area contributed by atoms with E-state index in [0.29, 0.717) is 0 Å². The Hall–Kier alpha value is -6.21. The average molecular weight is 653 g/mol. The van der Waals surface area contributed by atoms with Crippen LogP contribution < -0.4 is 4.74 Å². The first-order valence-corrected chi connectivity index (χ1v) is 17.0. The van der Waals surface area contributed by atoms with Crippen LogP contribution in [0, 0.1) is 41.5 Å². The van der Waals surface area contributed by atoms with E-state index in [9.17, 15) is 0 Å². The number of nitrogens with zero attached hydrogens (tertiary/aromatic N) is 6. The lowest BCUT2D eigenvalue weighted by Crippen LogP contribution is -2.02. The van der Waals surface area contributed by atoms with E-state index in [2.05, 4.69) is 120 Å². The van der Waals surface area contributed by atoms with E-state index in [1.807, 2.05) is 55.1 Å². The van der Waals surface area contributed by atoms with Crippen molar-refractivity contribution in [1.82, 2.24) is 29.1 Å². The molecule has 9 aromatic rings. The maximum atomic E-state index is 6.51. The molecule has 244 valence electrons. The Morgan fingerprint density at radius 1 is 0.540 bits per heavy atom. The van der Waals surface area contributed by atoms with Gasteiger partial charge < -0.3 is 9.30 Å². The number of aromatic nitrogens is 6. The molecule has 0 saturated carbocycles. The number of hydrogen-bond acceptors (Lipinski definition) is 4. The zero-order chi connectivity index (χ0) is 34.3. The Morgan fingerprint density at radius 3 is 1.94 bits per heavy atom. The van der Waals surface area contributed by atoms with Gasteiger partial charge in [0, 0.05) is 45.9 Å². The van der Waals surface area contributed by atoms with Gasteiger partial charge >= 0.3 is 0 Å². The summed E-state index contributed by atoms with van der Waals surface area (Å²) in [6.07, 6.45) is 1.93. The smallest absolute Gasteiger partial charge is 0.139 e. The highest BCUT2D eigenvalue weighted by atomic mass is 16.5. The number of aryl methyl sites for hydroxylation is 5. The van der Waals surface area contributed by atoms with Crippen molar-refractivity contribution in [1.29, 1.82) is 0 Å². The van der Waals surface area contributed by atoms with Gasteiger partial charge in [-0.15, -0.1) is 5.10 Å². The summed E-state index contributed by atoms with van der Waals surface area (Å²) in [5.41, 5.74) is 13.6. The SMILES string of the molecule is Cc1ccc2c3ccc(C)c(C)c3n(-c3ccnc(-n4c5ccccc5c5ccc(Oc6cccc(-n7nnc(C)c7C)c6)cc54)c3)c2c1C. The van der Waals surface area contributed by atoms with Gasteiger partial charge in [-0.2, -0.15) is 0 Å². The number of hydrogen-bond donors (Lipinski definition) is 0. The zero-order valence-electron chi connectivity index (χ0n) is 29.0. The summed E-state index contributed by atoms with van der Waals surface area (Å²) in [4.78, 5) is 4.99. The summed E-state index contributed by atoms with van der Waals surface area (Å²) >= 11 is 0. The second-order valence-corrected chi connectivity index (χ2v) is 13.3. The third kappa shape index (κ3) is 4.46. The lowest BCUT2D eigenvalue weighted by Gasteiger charge is -2.15. The van der Waals surface area contributed by atoms with Crippen molar-refractivity contribution in [2.24, 2.45) is 0 Å². The molecule has 9 rings (SSSR count). The summed E-state index contributed by atoms with van der Waals surface area (Å²) in [7, 11) is 0. The highest BCUT2D eigenvalue weighted by molar-refractivity contribution is 6.12. The van der Waals surface area contributed by atoms with Gasteiger partial charge in [-0.1, -0.05) is 53.7 Å². The first-order valence-electron chi connectivity index (χ1n) is 17.0. The van der Waals surface area contributed by atoms with Gasteiger partial charge in [0.15, 0.2) is 0 Å². The van der Waals surface area contributed by atoms with Crippen LogP contribution in [0.25, 0.3) is 60.8 Å². The topological polar surface area (TPSA) is 62.7 Å². The van der Waals surface area contributed by atoms with E-state index in [4.69, 9.17) is 9.72 Å². The predicted molar refractivity (Wildman–Crippen MR) is 203 cm³/mol. The number of ether oxygens (including phenoxy) is 1. The fraction of sp³-hybridized carbons (Fsp3) is 0.140. The summed E-state index contributed by atoms with van der Waals surface area (Å²) in [5, 5.41) is 13.4. The first-order chi connectivity index (χ1) is 24.3. The molecule has 0 bridgehead atoms. The van der Waals surface area contributed by atoms with Gasteiger partial charge in [-0.3, -0.25) is 4.57 Å². The zero-order valence-corrected chi connectivity index (χ0v) is 29.0. The second kappa shape index (κ2) is 11.2. The van der Waals surface area contributed by atoms with Crippen LogP contribution >= 0.6 is 0 Å². The predicted octanol–water partition coefficient (Wildman–Crippen LogP) is 10.5. The van der Waals surface area contributed by atoms with Crippen LogP contribution in [0.15, 0.2) is 109 Å². The Bertz CT molecular complexity index is 2750. The molecular weight excluding hydrogens is 617 g/mol. The molecule has 0 aliphatic carbocycles. The Kier molecular flexibility index (Phi) is 6.68. The molecule has 0 unspecified atom stereocenters. The molecule has 4 heterocycles. The van der Waals surface area contributed by atoms with E-state index in [1.165, 1.54) is 44.1 Å². The molecule has 0 spiro atoms. The molecule has 0 fully saturated rings. The Morgan fingerprint density at radius 2 is 1.22 bits per heavy atom. The van der Waals surface area contributed by atoms with Crippen LogP contribution in [0.3, 0.4) is 0 Å². The highest BCUT2D eigenvalue weighted by Gasteiger charge is 2.20. The average Bonchev–Trinajstić information content (AvgIpc) is 3.77. The molecule has 0 aliphatic rings. The van der Waals surface area contributed by atoms with Gasteiger partial charge in [-0.25, -0.2) is 9.67 Å². The highest BCUT2D eigenvalue weighted by Crippen LogP contribution is 2.39. The molecule has 0 radical (unpaired) electrons. The maximum Gasteiger partial charge on any atom is 0.139 e. The maximum absolute atomic E-state index is 6.51. The minimum absolute atomic E-state index is 0.722. The van der Waals surface area contributed by atoms with E-state index >= 15 is 0 Å². The lowest BCUT2D eigenvalue weighted by atomic mass is 10.0. The fourth-order valence-corrected chi connectivity index (χ4v) is 7.38. The minimum atomic E-state index is 0.722. The monoisotopic (exact) mass is 652 g/mol. The van der Waals surface area contributed by atoms with Crippen LogP contribution in [0.4, 0.5) is 0 Å². The molecule has 50 heavy (non-hydrogen) atoms. The van der Waals surface area contributed by atoms with Crippen molar-refractivity contribution >= 4 is 43.6 Å². The first kappa shape index (κ1) is 29.9. The number of fused-ring (bicyclic) bond motifs is 6. The molecule has 4 aromatic heterocycles. The van der Waals surface area contributed by atoms with E-state index in [0.717, 1.165) is 61.9 Å². The molecule has 5 aromatic carbocycles.